The first-order valence-corrected chi connectivity index (χ1v) is 4.26. The average molecular weight is 219 g/mol. The van der Waals surface area contributed by atoms with E-state index in [1.54, 1.807) is 14.0 Å². The van der Waals surface area contributed by atoms with Crippen LogP contribution in [0.3, 0.4) is 0 Å². The number of alkyl halides is 3. The number of nitrogens with two attached hydrogens (primary N) is 1. The van der Waals surface area contributed by atoms with Gasteiger partial charge in [0.15, 0.2) is 0 Å². The molecule has 84 valence electrons. The zero-order valence-electron chi connectivity index (χ0n) is 8.37. The molecule has 0 amide bonds. The van der Waals surface area contributed by atoms with Crippen LogP contribution in [0.5, 0.6) is 0 Å². The zero-order chi connectivity index (χ0) is 11.6. The van der Waals surface area contributed by atoms with Crippen molar-refractivity contribution in [2.24, 2.45) is 0 Å². The molecule has 0 radical (unpaired) electrons. The van der Waals surface area contributed by atoms with E-state index < -0.39 is 11.7 Å². The Morgan fingerprint density at radius 1 is 1.27 bits per heavy atom. The molecule has 3 nitrogen and oxygen atoms in total. The van der Waals surface area contributed by atoms with E-state index in [-0.39, 0.29) is 5.69 Å². The fourth-order valence-electron chi connectivity index (χ4n) is 1.25. The third kappa shape index (κ3) is 2.53. The summed E-state index contributed by atoms with van der Waals surface area (Å²) in [6, 6.07) is 2.28. The normalized spacial score (nSPS) is 11.5. The predicted molar refractivity (Wildman–Crippen MR) is 53.3 cm³/mol. The number of halogens is 3. The van der Waals surface area contributed by atoms with Gasteiger partial charge in [-0.15, -0.1) is 0 Å². The summed E-state index contributed by atoms with van der Waals surface area (Å²) in [6.07, 6.45) is -4.43. The lowest BCUT2D eigenvalue weighted by molar-refractivity contribution is -0.136. The minimum absolute atomic E-state index is 0.262. The summed E-state index contributed by atoms with van der Waals surface area (Å²) in [5.74, 6) is 0. The van der Waals surface area contributed by atoms with Crippen molar-refractivity contribution < 1.29 is 13.2 Å². The van der Waals surface area contributed by atoms with Crippen molar-refractivity contribution in [3.8, 4) is 0 Å². The highest BCUT2D eigenvalue weighted by atomic mass is 19.4. The SMILES string of the molecule is CNNc1cc(C(F)(F)F)c(N)cc1C. The predicted octanol–water partition coefficient (Wildman–Crippen LogP) is 2.14. The Hall–Kier alpha value is -1.43. The second-order valence-corrected chi connectivity index (χ2v) is 3.13. The molecule has 0 aliphatic carbocycles. The summed E-state index contributed by atoms with van der Waals surface area (Å²) in [5.41, 5.74) is 10.4. The van der Waals surface area contributed by atoms with E-state index in [0.717, 1.165) is 6.07 Å². The molecule has 0 aromatic heterocycles. The molecule has 1 rings (SSSR count). The van der Waals surface area contributed by atoms with Gasteiger partial charge in [-0.1, -0.05) is 0 Å². The van der Waals surface area contributed by atoms with Crippen LogP contribution >= 0.6 is 0 Å². The highest BCUT2D eigenvalue weighted by Gasteiger charge is 2.33. The molecule has 0 saturated heterocycles. The Balaban J connectivity index is 3.23. The van der Waals surface area contributed by atoms with Gasteiger partial charge in [0, 0.05) is 12.7 Å². The minimum atomic E-state index is -4.43. The van der Waals surface area contributed by atoms with Crippen LogP contribution in [0.2, 0.25) is 0 Å². The molecule has 0 fully saturated rings. The Bertz CT molecular complexity index is 360. The molecule has 0 atom stereocenters. The molecule has 1 aromatic rings. The number of benzene rings is 1. The largest absolute Gasteiger partial charge is 0.418 e. The number of rotatable bonds is 2. The Morgan fingerprint density at radius 3 is 2.33 bits per heavy atom. The first-order valence-electron chi connectivity index (χ1n) is 4.26. The third-order valence-electron chi connectivity index (χ3n) is 1.96. The molecule has 0 bridgehead atoms. The van der Waals surface area contributed by atoms with Crippen molar-refractivity contribution in [3.63, 3.8) is 0 Å². The van der Waals surface area contributed by atoms with Crippen molar-refractivity contribution in [1.82, 2.24) is 5.43 Å². The molecule has 1 aromatic carbocycles. The lowest BCUT2D eigenvalue weighted by Gasteiger charge is -2.14. The number of nitrogen functional groups attached to an aromatic ring is 1. The minimum Gasteiger partial charge on any atom is -0.398 e. The maximum atomic E-state index is 12.5. The van der Waals surface area contributed by atoms with Crippen LogP contribution in [-0.2, 0) is 6.18 Å². The maximum absolute atomic E-state index is 12.5. The molecule has 0 saturated carbocycles. The van der Waals surface area contributed by atoms with Gasteiger partial charge in [-0.25, -0.2) is 5.43 Å². The van der Waals surface area contributed by atoms with Crippen LogP contribution in [0.25, 0.3) is 0 Å². The number of aryl methyl sites for hydroxylation is 1. The van der Waals surface area contributed by atoms with Crippen molar-refractivity contribution in [3.05, 3.63) is 23.3 Å². The quantitative estimate of drug-likeness (QED) is 0.527. The molecule has 4 N–H and O–H groups in total. The molecule has 0 spiro atoms. The third-order valence-corrected chi connectivity index (χ3v) is 1.96. The number of nitrogens with one attached hydrogen (secondary N) is 2. The maximum Gasteiger partial charge on any atom is 0.418 e. The van der Waals surface area contributed by atoms with E-state index >= 15 is 0 Å². The lowest BCUT2D eigenvalue weighted by Crippen LogP contribution is -2.17. The summed E-state index contributed by atoms with van der Waals surface area (Å²) in [6.45, 7) is 1.68. The molecule has 15 heavy (non-hydrogen) atoms. The first kappa shape index (κ1) is 11.6. The van der Waals surface area contributed by atoms with Crippen LogP contribution in [0, 0.1) is 6.92 Å². The van der Waals surface area contributed by atoms with Gasteiger partial charge in [0.1, 0.15) is 0 Å². The topological polar surface area (TPSA) is 50.1 Å². The van der Waals surface area contributed by atoms with Crippen LogP contribution in [0.1, 0.15) is 11.1 Å². The zero-order valence-corrected chi connectivity index (χ0v) is 8.37. The molecular formula is C9H12F3N3. The van der Waals surface area contributed by atoms with Crippen LogP contribution in [-0.4, -0.2) is 7.05 Å². The Kier molecular flexibility index (Phi) is 3.09. The first-order chi connectivity index (χ1) is 6.86. The number of hydrazine groups is 1. The summed E-state index contributed by atoms with van der Waals surface area (Å²) < 4.78 is 37.4. The number of anilines is 2. The smallest absolute Gasteiger partial charge is 0.398 e. The van der Waals surface area contributed by atoms with E-state index in [2.05, 4.69) is 10.9 Å². The van der Waals surface area contributed by atoms with E-state index in [4.69, 9.17) is 5.73 Å². The van der Waals surface area contributed by atoms with Gasteiger partial charge in [0.2, 0.25) is 0 Å². The summed E-state index contributed by atoms with van der Waals surface area (Å²) >= 11 is 0. The van der Waals surface area contributed by atoms with Crippen molar-refractivity contribution >= 4 is 11.4 Å². The molecule has 6 heteroatoms. The summed E-state index contributed by atoms with van der Waals surface area (Å²) in [4.78, 5) is 0. The number of hydrogen-bond acceptors (Lipinski definition) is 3. The Morgan fingerprint density at radius 2 is 1.87 bits per heavy atom. The Labute approximate surface area is 85.4 Å². The van der Waals surface area contributed by atoms with Crippen LogP contribution in [0.15, 0.2) is 12.1 Å². The highest BCUT2D eigenvalue weighted by molar-refractivity contribution is 5.62. The molecule has 0 heterocycles. The van der Waals surface area contributed by atoms with Crippen molar-refractivity contribution in [1.29, 1.82) is 0 Å². The van der Waals surface area contributed by atoms with Crippen LogP contribution < -0.4 is 16.6 Å². The second kappa shape index (κ2) is 3.98. The van der Waals surface area contributed by atoms with Crippen LogP contribution in [0.4, 0.5) is 24.5 Å². The molecule has 0 unspecified atom stereocenters. The fraction of sp³-hybridized carbons (Fsp3) is 0.333. The van der Waals surface area contributed by atoms with Gasteiger partial charge >= 0.3 is 6.18 Å². The van der Waals surface area contributed by atoms with Gasteiger partial charge in [0.05, 0.1) is 11.3 Å². The van der Waals surface area contributed by atoms with Crippen molar-refractivity contribution in [2.75, 3.05) is 18.2 Å². The van der Waals surface area contributed by atoms with Gasteiger partial charge in [0.25, 0.3) is 0 Å². The van der Waals surface area contributed by atoms with Gasteiger partial charge < -0.3 is 11.2 Å². The molecule has 0 aliphatic rings. The van der Waals surface area contributed by atoms with Gasteiger partial charge in [-0.3, -0.25) is 0 Å². The van der Waals surface area contributed by atoms with Crippen molar-refractivity contribution in [2.45, 2.75) is 13.1 Å². The molecular weight excluding hydrogens is 207 g/mol. The second-order valence-electron chi connectivity index (χ2n) is 3.13. The summed E-state index contributed by atoms with van der Waals surface area (Å²) in [5, 5.41) is 0. The fourth-order valence-corrected chi connectivity index (χ4v) is 1.25. The van der Waals surface area contributed by atoms with E-state index in [1.807, 2.05) is 0 Å². The van der Waals surface area contributed by atoms with E-state index in [1.165, 1.54) is 6.07 Å². The molecule has 0 aliphatic heterocycles. The van der Waals surface area contributed by atoms with E-state index in [9.17, 15) is 13.2 Å². The lowest BCUT2D eigenvalue weighted by atomic mass is 10.1. The highest BCUT2D eigenvalue weighted by Crippen LogP contribution is 2.36. The van der Waals surface area contributed by atoms with Gasteiger partial charge in [-0.2, -0.15) is 13.2 Å². The van der Waals surface area contributed by atoms with E-state index in [0.29, 0.717) is 11.3 Å². The van der Waals surface area contributed by atoms with Gasteiger partial charge in [-0.05, 0) is 24.6 Å². The standard InChI is InChI=1S/C9H12F3N3/c1-5-3-7(13)6(9(10,11)12)4-8(5)15-14-2/h3-4,14-15H,13H2,1-2H3. The number of hydrogen-bond donors (Lipinski definition) is 3. The average Bonchev–Trinajstić information content (AvgIpc) is 2.07. The summed E-state index contributed by atoms with van der Waals surface area (Å²) in [7, 11) is 1.57. The monoisotopic (exact) mass is 219 g/mol.